The molecule has 0 aliphatic heterocycles. The zero-order valence-corrected chi connectivity index (χ0v) is 8.74. The summed E-state index contributed by atoms with van der Waals surface area (Å²) in [7, 11) is 0. The Morgan fingerprint density at radius 3 is 1.62 bits per heavy atom. The number of aliphatic carboxylic acids is 1. The number of rotatable bonds is 2. The average Bonchev–Trinajstić information content (AvgIpc) is 2.23. The molecule has 86 valence electrons. The predicted molar refractivity (Wildman–Crippen MR) is 45.9 cm³/mol. The summed E-state index contributed by atoms with van der Waals surface area (Å²) < 4.78 is 50.7. The van der Waals surface area contributed by atoms with E-state index in [9.17, 15) is 27.2 Å². The lowest BCUT2D eigenvalue weighted by Gasteiger charge is -2.05. The van der Waals surface area contributed by atoms with Crippen LogP contribution in [0.5, 0.6) is 0 Å². The average molecular weight is 301 g/mol. The molecule has 0 saturated heterocycles. The van der Waals surface area contributed by atoms with Crippen molar-refractivity contribution in [3.05, 3.63) is 33.3 Å². The van der Waals surface area contributed by atoms with E-state index in [0.29, 0.717) is 0 Å². The van der Waals surface area contributed by atoms with Gasteiger partial charge in [-0.1, -0.05) is 0 Å². The molecule has 0 unspecified atom stereocenters. The molecule has 0 aliphatic rings. The number of halogens is 5. The Morgan fingerprint density at radius 2 is 1.31 bits per heavy atom. The van der Waals surface area contributed by atoms with E-state index < -0.39 is 45.1 Å². The Hall–Kier alpha value is -1.44. The quantitative estimate of drug-likeness (QED) is 0.300. The molecule has 0 bridgehead atoms. The molecular formula is C8HBrF4O3. The van der Waals surface area contributed by atoms with Gasteiger partial charge in [-0.15, -0.1) is 0 Å². The van der Waals surface area contributed by atoms with Gasteiger partial charge < -0.3 is 5.11 Å². The molecule has 0 radical (unpaired) electrons. The van der Waals surface area contributed by atoms with E-state index >= 15 is 0 Å². The molecule has 1 N–H and O–H groups in total. The maximum absolute atomic E-state index is 13.0. The molecule has 0 heterocycles. The summed E-state index contributed by atoms with van der Waals surface area (Å²) in [5, 5.41) is 8.20. The lowest BCUT2D eigenvalue weighted by molar-refractivity contribution is -0.131. The normalized spacial score (nSPS) is 10.3. The first-order valence-electron chi connectivity index (χ1n) is 3.58. The number of benzene rings is 1. The fourth-order valence-electron chi connectivity index (χ4n) is 0.911. The fourth-order valence-corrected chi connectivity index (χ4v) is 1.26. The predicted octanol–water partition coefficient (Wildman–Crippen LogP) is 2.27. The number of Topliss-reactive ketones (excluding diaryl/α,β-unsaturated/α-hetero) is 1. The van der Waals surface area contributed by atoms with Gasteiger partial charge in [0.1, 0.15) is 5.56 Å². The van der Waals surface area contributed by atoms with E-state index in [0.717, 1.165) is 0 Å². The van der Waals surface area contributed by atoms with Crippen molar-refractivity contribution >= 4 is 27.7 Å². The molecule has 0 saturated carbocycles. The number of ketones is 1. The van der Waals surface area contributed by atoms with Gasteiger partial charge in [0.05, 0.1) is 4.47 Å². The molecule has 8 heteroatoms. The minimum atomic E-state index is -2.22. The molecule has 1 rings (SSSR count). The summed E-state index contributed by atoms with van der Waals surface area (Å²) in [6, 6.07) is 0. The van der Waals surface area contributed by atoms with Gasteiger partial charge >= 0.3 is 5.97 Å². The Bertz CT molecular complexity index is 472. The molecule has 16 heavy (non-hydrogen) atoms. The molecule has 0 atom stereocenters. The van der Waals surface area contributed by atoms with Gasteiger partial charge in [0.25, 0.3) is 5.78 Å². The highest BCUT2D eigenvalue weighted by atomic mass is 79.9. The van der Waals surface area contributed by atoms with E-state index in [2.05, 4.69) is 15.9 Å². The van der Waals surface area contributed by atoms with Crippen LogP contribution in [0.3, 0.4) is 0 Å². The van der Waals surface area contributed by atoms with Crippen molar-refractivity contribution in [2.75, 3.05) is 0 Å². The summed E-state index contributed by atoms with van der Waals surface area (Å²) in [6.45, 7) is 0. The lowest BCUT2D eigenvalue weighted by Crippen LogP contribution is -2.19. The van der Waals surface area contributed by atoms with Gasteiger partial charge in [-0.05, 0) is 15.9 Å². The fraction of sp³-hybridized carbons (Fsp3) is 0. The second-order valence-corrected chi connectivity index (χ2v) is 3.37. The van der Waals surface area contributed by atoms with Gasteiger partial charge in [-0.2, -0.15) is 0 Å². The smallest absolute Gasteiger partial charge is 0.377 e. The van der Waals surface area contributed by atoms with E-state index in [1.54, 1.807) is 0 Å². The van der Waals surface area contributed by atoms with Crippen LogP contribution in [-0.2, 0) is 4.79 Å². The van der Waals surface area contributed by atoms with Crippen LogP contribution in [-0.4, -0.2) is 16.9 Å². The Balaban J connectivity index is 3.64. The van der Waals surface area contributed by atoms with Crippen LogP contribution in [0, 0.1) is 23.3 Å². The molecule has 1 aromatic carbocycles. The van der Waals surface area contributed by atoms with Crippen molar-refractivity contribution in [1.82, 2.24) is 0 Å². The molecule has 1 aromatic rings. The van der Waals surface area contributed by atoms with Crippen LogP contribution in [0.2, 0.25) is 0 Å². The minimum absolute atomic E-state index is 1.15. The van der Waals surface area contributed by atoms with E-state index in [1.807, 2.05) is 0 Å². The third kappa shape index (κ3) is 1.80. The van der Waals surface area contributed by atoms with Gasteiger partial charge in [-0.25, -0.2) is 22.4 Å². The summed E-state index contributed by atoms with van der Waals surface area (Å²) in [5.41, 5.74) is -1.77. The number of carbonyl (C=O) groups is 2. The standard InChI is InChI=1S/C8HBrF4O3/c9-2-5(12)3(10)1(4(11)6(2)13)7(14)8(15)16/h(H,15,16). The Morgan fingerprint density at radius 1 is 0.938 bits per heavy atom. The van der Waals surface area contributed by atoms with E-state index in [4.69, 9.17) is 5.11 Å². The molecule has 3 nitrogen and oxygen atoms in total. The maximum atomic E-state index is 13.0. The SMILES string of the molecule is O=C(O)C(=O)c1c(F)c(F)c(Br)c(F)c1F. The highest BCUT2D eigenvalue weighted by molar-refractivity contribution is 9.10. The van der Waals surface area contributed by atoms with Gasteiger partial charge in [-0.3, -0.25) is 4.79 Å². The number of carboxylic acid groups (broad SMARTS) is 1. The van der Waals surface area contributed by atoms with Crippen molar-refractivity contribution in [2.45, 2.75) is 0 Å². The molecular weight excluding hydrogens is 300 g/mol. The maximum Gasteiger partial charge on any atom is 0.377 e. The molecule has 0 aromatic heterocycles. The van der Waals surface area contributed by atoms with Crippen molar-refractivity contribution < 1.29 is 32.3 Å². The first-order valence-corrected chi connectivity index (χ1v) is 4.37. The van der Waals surface area contributed by atoms with E-state index in [-0.39, 0.29) is 0 Å². The van der Waals surface area contributed by atoms with Crippen molar-refractivity contribution in [3.63, 3.8) is 0 Å². The van der Waals surface area contributed by atoms with Crippen molar-refractivity contribution in [1.29, 1.82) is 0 Å². The molecule has 0 spiro atoms. The van der Waals surface area contributed by atoms with Gasteiger partial charge in [0.15, 0.2) is 23.3 Å². The van der Waals surface area contributed by atoms with Crippen LogP contribution in [0.1, 0.15) is 10.4 Å². The second kappa shape index (κ2) is 4.20. The highest BCUT2D eigenvalue weighted by Crippen LogP contribution is 2.28. The Labute approximate surface area is 93.8 Å². The van der Waals surface area contributed by atoms with Crippen LogP contribution >= 0.6 is 15.9 Å². The largest absolute Gasteiger partial charge is 0.475 e. The number of carboxylic acids is 1. The van der Waals surface area contributed by atoms with Crippen molar-refractivity contribution in [3.8, 4) is 0 Å². The first kappa shape index (κ1) is 12.6. The third-order valence-corrected chi connectivity index (χ3v) is 2.33. The molecule has 0 fully saturated rings. The molecule has 0 aliphatic carbocycles. The summed E-state index contributed by atoms with van der Waals surface area (Å²) >= 11 is 2.21. The van der Waals surface area contributed by atoms with E-state index in [1.165, 1.54) is 0 Å². The Kier molecular flexibility index (Phi) is 3.32. The van der Waals surface area contributed by atoms with Crippen LogP contribution in [0.15, 0.2) is 4.47 Å². The van der Waals surface area contributed by atoms with Gasteiger partial charge in [0, 0.05) is 0 Å². The number of hydrogen-bond acceptors (Lipinski definition) is 2. The number of hydrogen-bond donors (Lipinski definition) is 1. The summed E-state index contributed by atoms with van der Waals surface area (Å²) in [4.78, 5) is 20.9. The van der Waals surface area contributed by atoms with Crippen LogP contribution in [0.25, 0.3) is 0 Å². The zero-order chi connectivity index (χ0) is 12.6. The van der Waals surface area contributed by atoms with Crippen LogP contribution < -0.4 is 0 Å². The first-order chi connectivity index (χ1) is 7.29. The minimum Gasteiger partial charge on any atom is -0.475 e. The lowest BCUT2D eigenvalue weighted by atomic mass is 10.1. The zero-order valence-electron chi connectivity index (χ0n) is 7.15. The topological polar surface area (TPSA) is 54.4 Å². The second-order valence-electron chi connectivity index (χ2n) is 2.58. The monoisotopic (exact) mass is 300 g/mol. The molecule has 0 amide bonds. The summed E-state index contributed by atoms with van der Waals surface area (Å²) in [5.74, 6) is -12.2. The number of carbonyl (C=O) groups excluding carboxylic acids is 1. The summed E-state index contributed by atoms with van der Waals surface area (Å²) in [6.07, 6.45) is 0. The van der Waals surface area contributed by atoms with Gasteiger partial charge in [0.2, 0.25) is 0 Å². The third-order valence-electron chi connectivity index (χ3n) is 1.63. The highest BCUT2D eigenvalue weighted by Gasteiger charge is 2.31. The van der Waals surface area contributed by atoms with Crippen LogP contribution in [0.4, 0.5) is 17.6 Å². The van der Waals surface area contributed by atoms with Crippen molar-refractivity contribution in [2.24, 2.45) is 0 Å².